The first-order chi connectivity index (χ1) is 8.13. The van der Waals surface area contributed by atoms with E-state index in [0.717, 1.165) is 10.6 Å². The Morgan fingerprint density at radius 1 is 1.29 bits per heavy atom. The SMILES string of the molecule is COc1csc(C(N)c2cccc(C)c2C)c1. The van der Waals surface area contributed by atoms with Gasteiger partial charge in [0.15, 0.2) is 0 Å². The highest BCUT2D eigenvalue weighted by Gasteiger charge is 2.14. The van der Waals surface area contributed by atoms with E-state index in [1.807, 2.05) is 11.4 Å². The molecule has 1 unspecified atom stereocenters. The van der Waals surface area contributed by atoms with Gasteiger partial charge in [-0.25, -0.2) is 0 Å². The number of benzene rings is 1. The molecule has 17 heavy (non-hydrogen) atoms. The van der Waals surface area contributed by atoms with Crippen LogP contribution in [-0.2, 0) is 0 Å². The van der Waals surface area contributed by atoms with E-state index in [-0.39, 0.29) is 6.04 Å². The first-order valence-electron chi connectivity index (χ1n) is 5.57. The lowest BCUT2D eigenvalue weighted by molar-refractivity contribution is 0.416. The number of thiophene rings is 1. The molecule has 2 nitrogen and oxygen atoms in total. The van der Waals surface area contributed by atoms with Crippen LogP contribution < -0.4 is 10.5 Å². The Hall–Kier alpha value is -1.32. The van der Waals surface area contributed by atoms with Crippen molar-refractivity contribution in [3.05, 3.63) is 51.2 Å². The highest BCUT2D eigenvalue weighted by Crippen LogP contribution is 2.31. The number of ether oxygens (including phenoxy) is 1. The van der Waals surface area contributed by atoms with Gasteiger partial charge in [-0.05, 0) is 36.6 Å². The molecular formula is C14H17NOS. The minimum atomic E-state index is -0.0659. The van der Waals surface area contributed by atoms with Gasteiger partial charge in [-0.1, -0.05) is 18.2 Å². The molecule has 1 aromatic heterocycles. The average molecular weight is 247 g/mol. The number of methoxy groups -OCH3 is 1. The second kappa shape index (κ2) is 4.90. The lowest BCUT2D eigenvalue weighted by atomic mass is 9.97. The van der Waals surface area contributed by atoms with Gasteiger partial charge in [-0.2, -0.15) is 0 Å². The molecule has 1 atom stereocenters. The molecular weight excluding hydrogens is 230 g/mol. The first kappa shape index (κ1) is 12.1. The van der Waals surface area contributed by atoms with E-state index in [4.69, 9.17) is 10.5 Å². The zero-order valence-electron chi connectivity index (χ0n) is 10.4. The Bertz CT molecular complexity index is 519. The van der Waals surface area contributed by atoms with Crippen LogP contribution in [-0.4, -0.2) is 7.11 Å². The quantitative estimate of drug-likeness (QED) is 0.902. The average Bonchev–Trinajstić information content (AvgIpc) is 2.80. The summed E-state index contributed by atoms with van der Waals surface area (Å²) in [5, 5.41) is 1.99. The molecule has 0 saturated heterocycles. The molecule has 0 aliphatic heterocycles. The van der Waals surface area contributed by atoms with Crippen LogP contribution in [0.4, 0.5) is 0 Å². The van der Waals surface area contributed by atoms with Crippen LogP contribution in [0.15, 0.2) is 29.6 Å². The van der Waals surface area contributed by atoms with Gasteiger partial charge in [0, 0.05) is 10.3 Å². The van der Waals surface area contributed by atoms with Gasteiger partial charge < -0.3 is 10.5 Å². The minimum Gasteiger partial charge on any atom is -0.496 e. The molecule has 0 spiro atoms. The van der Waals surface area contributed by atoms with Crippen molar-refractivity contribution in [3.63, 3.8) is 0 Å². The zero-order valence-corrected chi connectivity index (χ0v) is 11.2. The smallest absolute Gasteiger partial charge is 0.129 e. The molecule has 0 aliphatic carbocycles. The molecule has 1 heterocycles. The lowest BCUT2D eigenvalue weighted by Crippen LogP contribution is -2.12. The van der Waals surface area contributed by atoms with Gasteiger partial charge in [0.1, 0.15) is 5.75 Å². The van der Waals surface area contributed by atoms with Crippen molar-refractivity contribution < 1.29 is 4.74 Å². The van der Waals surface area contributed by atoms with Gasteiger partial charge in [0.05, 0.1) is 13.2 Å². The molecule has 0 fully saturated rings. The van der Waals surface area contributed by atoms with E-state index in [9.17, 15) is 0 Å². The molecule has 0 saturated carbocycles. The zero-order chi connectivity index (χ0) is 12.4. The van der Waals surface area contributed by atoms with Crippen LogP contribution in [0.5, 0.6) is 5.75 Å². The predicted molar refractivity (Wildman–Crippen MR) is 72.8 cm³/mol. The summed E-state index contributed by atoms with van der Waals surface area (Å²) in [6.45, 7) is 4.23. The summed E-state index contributed by atoms with van der Waals surface area (Å²) in [4.78, 5) is 1.13. The van der Waals surface area contributed by atoms with Gasteiger partial charge in [0.25, 0.3) is 0 Å². The number of nitrogens with two attached hydrogens (primary N) is 1. The Balaban J connectivity index is 2.36. The second-order valence-electron chi connectivity index (χ2n) is 4.16. The first-order valence-corrected chi connectivity index (χ1v) is 6.45. The Morgan fingerprint density at radius 3 is 2.71 bits per heavy atom. The Kier molecular flexibility index (Phi) is 3.50. The molecule has 2 N–H and O–H groups in total. The number of aryl methyl sites for hydroxylation is 1. The van der Waals surface area contributed by atoms with E-state index in [2.05, 4.69) is 32.0 Å². The molecule has 0 radical (unpaired) electrons. The normalized spacial score (nSPS) is 12.5. The van der Waals surface area contributed by atoms with Crippen molar-refractivity contribution in [2.24, 2.45) is 5.73 Å². The molecule has 0 aliphatic rings. The Morgan fingerprint density at radius 2 is 2.06 bits per heavy atom. The summed E-state index contributed by atoms with van der Waals surface area (Å²) in [6.07, 6.45) is 0. The maximum absolute atomic E-state index is 6.31. The Labute approximate surface area is 106 Å². The van der Waals surface area contributed by atoms with E-state index >= 15 is 0 Å². The maximum Gasteiger partial charge on any atom is 0.129 e. The van der Waals surface area contributed by atoms with Crippen molar-refractivity contribution in [2.75, 3.05) is 7.11 Å². The summed E-state index contributed by atoms with van der Waals surface area (Å²) in [5.74, 6) is 0.880. The maximum atomic E-state index is 6.31. The van der Waals surface area contributed by atoms with Gasteiger partial charge in [-0.15, -0.1) is 11.3 Å². The van der Waals surface area contributed by atoms with Crippen LogP contribution in [0, 0.1) is 13.8 Å². The minimum absolute atomic E-state index is 0.0659. The van der Waals surface area contributed by atoms with Crippen molar-refractivity contribution in [1.82, 2.24) is 0 Å². The van der Waals surface area contributed by atoms with Crippen LogP contribution >= 0.6 is 11.3 Å². The topological polar surface area (TPSA) is 35.2 Å². The van der Waals surface area contributed by atoms with E-state index in [1.54, 1.807) is 18.4 Å². The van der Waals surface area contributed by atoms with Gasteiger partial charge >= 0.3 is 0 Å². The van der Waals surface area contributed by atoms with Crippen LogP contribution in [0.25, 0.3) is 0 Å². The number of hydrogen-bond donors (Lipinski definition) is 1. The van der Waals surface area contributed by atoms with Crippen LogP contribution in [0.2, 0.25) is 0 Å². The highest BCUT2D eigenvalue weighted by molar-refractivity contribution is 7.10. The monoisotopic (exact) mass is 247 g/mol. The third-order valence-electron chi connectivity index (χ3n) is 3.12. The van der Waals surface area contributed by atoms with Crippen molar-refractivity contribution in [3.8, 4) is 5.75 Å². The fourth-order valence-electron chi connectivity index (χ4n) is 1.87. The van der Waals surface area contributed by atoms with Crippen LogP contribution in [0.1, 0.15) is 27.6 Å². The lowest BCUT2D eigenvalue weighted by Gasteiger charge is -2.14. The third kappa shape index (κ3) is 2.35. The van der Waals surface area contributed by atoms with Crippen molar-refractivity contribution in [1.29, 1.82) is 0 Å². The second-order valence-corrected chi connectivity index (χ2v) is 5.10. The van der Waals surface area contributed by atoms with Crippen molar-refractivity contribution >= 4 is 11.3 Å². The van der Waals surface area contributed by atoms with Gasteiger partial charge in [0.2, 0.25) is 0 Å². The molecule has 90 valence electrons. The van der Waals surface area contributed by atoms with Crippen molar-refractivity contribution in [2.45, 2.75) is 19.9 Å². The summed E-state index contributed by atoms with van der Waals surface area (Å²) in [5.41, 5.74) is 10.0. The van der Waals surface area contributed by atoms with E-state index in [0.29, 0.717) is 0 Å². The summed E-state index contributed by atoms with van der Waals surface area (Å²) < 4.78 is 5.19. The van der Waals surface area contributed by atoms with E-state index in [1.165, 1.54) is 16.7 Å². The molecule has 0 bridgehead atoms. The highest BCUT2D eigenvalue weighted by atomic mass is 32.1. The fraction of sp³-hybridized carbons (Fsp3) is 0.286. The third-order valence-corrected chi connectivity index (χ3v) is 4.11. The molecule has 2 aromatic rings. The number of rotatable bonds is 3. The number of hydrogen-bond acceptors (Lipinski definition) is 3. The fourth-order valence-corrected chi connectivity index (χ4v) is 2.74. The van der Waals surface area contributed by atoms with Gasteiger partial charge in [-0.3, -0.25) is 0 Å². The molecule has 1 aromatic carbocycles. The van der Waals surface area contributed by atoms with Crippen LogP contribution in [0.3, 0.4) is 0 Å². The standard InChI is InChI=1S/C14H17NOS/c1-9-5-4-6-12(10(9)2)14(15)13-7-11(16-3)8-17-13/h4-8,14H,15H2,1-3H3. The summed E-state index contributed by atoms with van der Waals surface area (Å²) in [7, 11) is 1.68. The summed E-state index contributed by atoms with van der Waals surface area (Å²) in [6, 6.07) is 8.21. The predicted octanol–water partition coefficient (Wildman–Crippen LogP) is 3.42. The van der Waals surface area contributed by atoms with E-state index < -0.39 is 0 Å². The summed E-state index contributed by atoms with van der Waals surface area (Å²) >= 11 is 1.64. The largest absolute Gasteiger partial charge is 0.496 e. The molecule has 0 amide bonds. The molecule has 3 heteroatoms. The molecule has 2 rings (SSSR count).